The van der Waals surface area contributed by atoms with Crippen LogP contribution < -0.4 is 0 Å². The summed E-state index contributed by atoms with van der Waals surface area (Å²) in [5, 5.41) is 0. The second kappa shape index (κ2) is 2.20. The average molecular weight is 156 g/mol. The molecule has 2 aliphatic heterocycles. The number of hydrogen-bond acceptors (Lipinski definition) is 2. The highest BCUT2D eigenvalue weighted by Crippen LogP contribution is 2.45. The van der Waals surface area contributed by atoms with Crippen molar-refractivity contribution in [1.29, 1.82) is 0 Å². The molecule has 2 rings (SSSR count). The molecule has 2 heterocycles. The standard InChI is InChI=1S/C9H16O2/c1-4-9-5-10-8(6(9)2)7(3)11-9/h6-8H,4-5H2,1-3H3. The van der Waals surface area contributed by atoms with Crippen molar-refractivity contribution in [3.8, 4) is 0 Å². The third-order valence-corrected chi connectivity index (χ3v) is 3.32. The lowest BCUT2D eigenvalue weighted by Gasteiger charge is -2.28. The van der Waals surface area contributed by atoms with Gasteiger partial charge in [0, 0.05) is 5.92 Å². The first kappa shape index (κ1) is 7.56. The molecular weight excluding hydrogens is 140 g/mol. The number of ether oxygens (including phenoxy) is 2. The summed E-state index contributed by atoms with van der Waals surface area (Å²) in [6.45, 7) is 7.34. The molecule has 11 heavy (non-hydrogen) atoms. The first-order valence-corrected chi connectivity index (χ1v) is 4.49. The summed E-state index contributed by atoms with van der Waals surface area (Å²) >= 11 is 0. The van der Waals surface area contributed by atoms with Gasteiger partial charge in [-0.3, -0.25) is 0 Å². The van der Waals surface area contributed by atoms with Gasteiger partial charge in [0.1, 0.15) is 0 Å². The predicted molar refractivity (Wildman–Crippen MR) is 42.5 cm³/mol. The van der Waals surface area contributed by atoms with Crippen LogP contribution in [0, 0.1) is 5.92 Å². The monoisotopic (exact) mass is 156 g/mol. The van der Waals surface area contributed by atoms with Gasteiger partial charge >= 0.3 is 0 Å². The van der Waals surface area contributed by atoms with Crippen molar-refractivity contribution in [3.05, 3.63) is 0 Å². The molecule has 2 bridgehead atoms. The molecule has 0 saturated carbocycles. The Morgan fingerprint density at radius 3 is 2.45 bits per heavy atom. The van der Waals surface area contributed by atoms with Crippen LogP contribution in [0.25, 0.3) is 0 Å². The third-order valence-electron chi connectivity index (χ3n) is 3.32. The van der Waals surface area contributed by atoms with Crippen LogP contribution in [0.4, 0.5) is 0 Å². The summed E-state index contributed by atoms with van der Waals surface area (Å²) in [6.07, 6.45) is 1.74. The number of rotatable bonds is 1. The maximum absolute atomic E-state index is 5.88. The van der Waals surface area contributed by atoms with Crippen molar-refractivity contribution in [2.45, 2.75) is 45.0 Å². The van der Waals surface area contributed by atoms with Crippen LogP contribution in [-0.4, -0.2) is 24.4 Å². The van der Waals surface area contributed by atoms with Crippen LogP contribution in [0.5, 0.6) is 0 Å². The van der Waals surface area contributed by atoms with Crippen molar-refractivity contribution in [2.75, 3.05) is 6.61 Å². The SMILES string of the molecule is CCC12COC(C(C)O1)C2C. The lowest BCUT2D eigenvalue weighted by Crippen LogP contribution is -2.36. The van der Waals surface area contributed by atoms with Gasteiger partial charge in [0.2, 0.25) is 0 Å². The molecular formula is C9H16O2. The Morgan fingerprint density at radius 2 is 2.18 bits per heavy atom. The highest BCUT2D eigenvalue weighted by molar-refractivity contribution is 5.03. The second-order valence-electron chi connectivity index (χ2n) is 3.81. The normalized spacial score (nSPS) is 55.4. The van der Waals surface area contributed by atoms with Gasteiger partial charge in [-0.05, 0) is 13.3 Å². The predicted octanol–water partition coefficient (Wildman–Crippen LogP) is 1.59. The summed E-state index contributed by atoms with van der Waals surface area (Å²) in [5.74, 6) is 0.586. The fraction of sp³-hybridized carbons (Fsp3) is 1.00. The fourth-order valence-corrected chi connectivity index (χ4v) is 2.44. The molecule has 0 spiro atoms. The minimum atomic E-state index is 0.0596. The maximum Gasteiger partial charge on any atom is 0.0968 e. The van der Waals surface area contributed by atoms with Gasteiger partial charge in [0.05, 0.1) is 24.4 Å². The van der Waals surface area contributed by atoms with Gasteiger partial charge in [0.25, 0.3) is 0 Å². The molecule has 4 unspecified atom stereocenters. The number of fused-ring (bicyclic) bond motifs is 2. The van der Waals surface area contributed by atoms with E-state index in [2.05, 4.69) is 20.8 Å². The van der Waals surface area contributed by atoms with E-state index in [4.69, 9.17) is 9.47 Å². The van der Waals surface area contributed by atoms with E-state index in [9.17, 15) is 0 Å². The first-order valence-electron chi connectivity index (χ1n) is 4.49. The van der Waals surface area contributed by atoms with E-state index in [0.29, 0.717) is 18.1 Å². The van der Waals surface area contributed by atoms with Crippen LogP contribution in [0.15, 0.2) is 0 Å². The Kier molecular flexibility index (Phi) is 1.52. The van der Waals surface area contributed by atoms with Crippen molar-refractivity contribution in [1.82, 2.24) is 0 Å². The molecule has 0 aromatic heterocycles. The Balaban J connectivity index is 2.24. The minimum absolute atomic E-state index is 0.0596. The Morgan fingerprint density at radius 1 is 1.45 bits per heavy atom. The molecule has 0 amide bonds. The van der Waals surface area contributed by atoms with Gasteiger partial charge in [-0.25, -0.2) is 0 Å². The molecule has 4 atom stereocenters. The first-order chi connectivity index (χ1) is 5.19. The number of hydrogen-bond donors (Lipinski definition) is 0. The molecule has 0 aromatic carbocycles. The van der Waals surface area contributed by atoms with Crippen LogP contribution in [0.2, 0.25) is 0 Å². The summed E-state index contributed by atoms with van der Waals surface area (Å²) < 4.78 is 11.5. The highest BCUT2D eigenvalue weighted by atomic mass is 16.6. The van der Waals surface area contributed by atoms with E-state index in [1.807, 2.05) is 0 Å². The van der Waals surface area contributed by atoms with Crippen molar-refractivity contribution < 1.29 is 9.47 Å². The van der Waals surface area contributed by atoms with Crippen molar-refractivity contribution in [2.24, 2.45) is 5.92 Å². The van der Waals surface area contributed by atoms with Crippen molar-refractivity contribution in [3.63, 3.8) is 0 Å². The van der Waals surface area contributed by atoms with E-state index in [1.165, 1.54) is 0 Å². The minimum Gasteiger partial charge on any atom is -0.372 e. The molecule has 2 saturated heterocycles. The second-order valence-corrected chi connectivity index (χ2v) is 3.81. The van der Waals surface area contributed by atoms with Gasteiger partial charge in [0.15, 0.2) is 0 Å². The molecule has 2 aliphatic rings. The van der Waals surface area contributed by atoms with Gasteiger partial charge in [-0.1, -0.05) is 13.8 Å². The van der Waals surface area contributed by atoms with E-state index in [1.54, 1.807) is 0 Å². The zero-order valence-corrected chi connectivity index (χ0v) is 7.46. The molecule has 0 aromatic rings. The quantitative estimate of drug-likeness (QED) is 0.574. The van der Waals surface area contributed by atoms with Crippen molar-refractivity contribution >= 4 is 0 Å². The van der Waals surface area contributed by atoms with Crippen LogP contribution in [0.1, 0.15) is 27.2 Å². The zero-order chi connectivity index (χ0) is 8.06. The average Bonchev–Trinajstić information content (AvgIpc) is 2.42. The molecule has 2 fully saturated rings. The van der Waals surface area contributed by atoms with E-state index >= 15 is 0 Å². The maximum atomic E-state index is 5.88. The van der Waals surface area contributed by atoms with E-state index < -0.39 is 0 Å². The summed E-state index contributed by atoms with van der Waals surface area (Å²) in [6, 6.07) is 0. The molecule has 2 nitrogen and oxygen atoms in total. The van der Waals surface area contributed by atoms with E-state index in [0.717, 1.165) is 13.0 Å². The lowest BCUT2D eigenvalue weighted by molar-refractivity contribution is -0.137. The topological polar surface area (TPSA) is 18.5 Å². The fourth-order valence-electron chi connectivity index (χ4n) is 2.44. The zero-order valence-electron chi connectivity index (χ0n) is 7.46. The smallest absolute Gasteiger partial charge is 0.0968 e. The van der Waals surface area contributed by atoms with Crippen LogP contribution in [-0.2, 0) is 9.47 Å². The largest absolute Gasteiger partial charge is 0.372 e. The van der Waals surface area contributed by atoms with Gasteiger partial charge in [-0.2, -0.15) is 0 Å². The van der Waals surface area contributed by atoms with Gasteiger partial charge < -0.3 is 9.47 Å². The molecule has 0 aliphatic carbocycles. The highest BCUT2D eigenvalue weighted by Gasteiger charge is 2.56. The van der Waals surface area contributed by atoms with Crippen LogP contribution >= 0.6 is 0 Å². The molecule has 2 heteroatoms. The summed E-state index contributed by atoms with van der Waals surface area (Å²) in [5.41, 5.74) is 0.0596. The molecule has 0 radical (unpaired) electrons. The van der Waals surface area contributed by atoms with Crippen LogP contribution in [0.3, 0.4) is 0 Å². The summed E-state index contributed by atoms with van der Waals surface area (Å²) in [7, 11) is 0. The Bertz CT molecular complexity index is 169. The molecule has 64 valence electrons. The Hall–Kier alpha value is -0.0800. The summed E-state index contributed by atoms with van der Waals surface area (Å²) in [4.78, 5) is 0. The van der Waals surface area contributed by atoms with E-state index in [-0.39, 0.29) is 5.60 Å². The van der Waals surface area contributed by atoms with Gasteiger partial charge in [-0.15, -0.1) is 0 Å². The molecule has 0 N–H and O–H groups in total. The third kappa shape index (κ3) is 0.798. The Labute approximate surface area is 67.9 Å². The lowest BCUT2D eigenvalue weighted by atomic mass is 9.88.